The quantitative estimate of drug-likeness (QED) is 0.624. The summed E-state index contributed by atoms with van der Waals surface area (Å²) >= 11 is 0. The average Bonchev–Trinajstić information content (AvgIpc) is 2.58. The van der Waals surface area contributed by atoms with Gasteiger partial charge in [0.05, 0.1) is 12.2 Å². The fourth-order valence-electron chi connectivity index (χ4n) is 3.14. The molecule has 1 unspecified atom stereocenters. The number of nitrogens with one attached hydrogen (secondary N) is 2. The second-order valence-electron chi connectivity index (χ2n) is 6.37. The van der Waals surface area contributed by atoms with Gasteiger partial charge >= 0.3 is 0 Å². The number of nitrogens with zero attached hydrogens (tertiary/aromatic N) is 2. The van der Waals surface area contributed by atoms with Gasteiger partial charge in [0.2, 0.25) is 0 Å². The summed E-state index contributed by atoms with van der Waals surface area (Å²) in [6.07, 6.45) is 11.5. The largest absolute Gasteiger partial charge is 0.354 e. The van der Waals surface area contributed by atoms with Gasteiger partial charge in [-0.3, -0.25) is 9.98 Å². The highest BCUT2D eigenvalue weighted by Crippen LogP contribution is 2.27. The Hall–Kier alpha value is -1.58. The van der Waals surface area contributed by atoms with E-state index in [-0.39, 0.29) is 0 Å². The SMILES string of the molecule is CN=C(NCc1ccccn1)NC(C)CCC1CCCCC1. The number of guanidine groups is 1. The van der Waals surface area contributed by atoms with Crippen LogP contribution in [0.4, 0.5) is 0 Å². The zero-order chi connectivity index (χ0) is 15.6. The maximum Gasteiger partial charge on any atom is 0.191 e. The summed E-state index contributed by atoms with van der Waals surface area (Å²) < 4.78 is 0. The van der Waals surface area contributed by atoms with Crippen molar-refractivity contribution in [2.24, 2.45) is 10.9 Å². The van der Waals surface area contributed by atoms with Crippen LogP contribution in [0.25, 0.3) is 0 Å². The van der Waals surface area contributed by atoms with E-state index >= 15 is 0 Å². The first-order chi connectivity index (χ1) is 10.8. The van der Waals surface area contributed by atoms with Crippen LogP contribution >= 0.6 is 0 Å². The lowest BCUT2D eigenvalue weighted by Gasteiger charge is -2.24. The number of aliphatic imine (C=N–C) groups is 1. The van der Waals surface area contributed by atoms with Crippen LogP contribution in [-0.2, 0) is 6.54 Å². The van der Waals surface area contributed by atoms with Crippen molar-refractivity contribution in [1.29, 1.82) is 0 Å². The van der Waals surface area contributed by atoms with Crippen molar-refractivity contribution in [1.82, 2.24) is 15.6 Å². The molecule has 4 heteroatoms. The van der Waals surface area contributed by atoms with Crippen molar-refractivity contribution < 1.29 is 0 Å². The number of hydrogen-bond acceptors (Lipinski definition) is 2. The molecule has 1 saturated carbocycles. The van der Waals surface area contributed by atoms with Crippen LogP contribution < -0.4 is 10.6 Å². The lowest BCUT2D eigenvalue weighted by molar-refractivity contribution is 0.322. The molecule has 0 radical (unpaired) electrons. The minimum atomic E-state index is 0.455. The molecular weight excluding hydrogens is 272 g/mol. The van der Waals surface area contributed by atoms with E-state index in [2.05, 4.69) is 27.5 Å². The number of hydrogen-bond donors (Lipinski definition) is 2. The van der Waals surface area contributed by atoms with Gasteiger partial charge in [0.1, 0.15) is 0 Å². The Kier molecular flexibility index (Phi) is 7.20. The van der Waals surface area contributed by atoms with E-state index in [9.17, 15) is 0 Å². The van der Waals surface area contributed by atoms with Gasteiger partial charge in [-0.25, -0.2) is 0 Å². The molecule has 0 aromatic carbocycles. The molecule has 0 aliphatic heterocycles. The zero-order valence-electron chi connectivity index (χ0n) is 14.0. The van der Waals surface area contributed by atoms with Crippen LogP contribution in [0.1, 0.15) is 57.6 Å². The second-order valence-corrected chi connectivity index (χ2v) is 6.37. The molecule has 1 aliphatic rings. The van der Waals surface area contributed by atoms with E-state index in [1.165, 1.54) is 44.9 Å². The lowest BCUT2D eigenvalue weighted by atomic mass is 9.85. The summed E-state index contributed by atoms with van der Waals surface area (Å²) in [4.78, 5) is 8.62. The normalized spacial score (nSPS) is 18.0. The molecule has 1 fully saturated rings. The molecule has 1 atom stereocenters. The first kappa shape index (κ1) is 16.8. The van der Waals surface area contributed by atoms with Crippen LogP contribution in [0.15, 0.2) is 29.4 Å². The molecule has 1 aromatic rings. The fraction of sp³-hybridized carbons (Fsp3) is 0.667. The molecule has 1 aromatic heterocycles. The van der Waals surface area contributed by atoms with Crippen LogP contribution in [0.2, 0.25) is 0 Å². The molecule has 22 heavy (non-hydrogen) atoms. The van der Waals surface area contributed by atoms with Gasteiger partial charge in [0.25, 0.3) is 0 Å². The van der Waals surface area contributed by atoms with Gasteiger partial charge in [-0.05, 0) is 37.8 Å². The van der Waals surface area contributed by atoms with Gasteiger partial charge in [0, 0.05) is 19.3 Å². The number of aromatic nitrogens is 1. The molecule has 4 nitrogen and oxygen atoms in total. The van der Waals surface area contributed by atoms with Crippen LogP contribution in [0.3, 0.4) is 0 Å². The highest BCUT2D eigenvalue weighted by atomic mass is 15.2. The van der Waals surface area contributed by atoms with Crippen LogP contribution in [-0.4, -0.2) is 24.0 Å². The molecule has 0 spiro atoms. The summed E-state index contributed by atoms with van der Waals surface area (Å²) in [6.45, 7) is 2.95. The Morgan fingerprint density at radius 3 is 2.82 bits per heavy atom. The zero-order valence-corrected chi connectivity index (χ0v) is 14.0. The van der Waals surface area contributed by atoms with Crippen molar-refractivity contribution >= 4 is 5.96 Å². The lowest BCUT2D eigenvalue weighted by Crippen LogP contribution is -2.42. The van der Waals surface area contributed by atoms with Gasteiger partial charge in [0.15, 0.2) is 5.96 Å². The Morgan fingerprint density at radius 2 is 2.14 bits per heavy atom. The summed E-state index contributed by atoms with van der Waals surface area (Å²) in [5.41, 5.74) is 1.03. The third-order valence-corrected chi connectivity index (χ3v) is 4.50. The first-order valence-electron chi connectivity index (χ1n) is 8.65. The predicted octanol–water partition coefficient (Wildman–Crippen LogP) is 3.50. The number of pyridine rings is 1. The van der Waals surface area contributed by atoms with Gasteiger partial charge in [-0.2, -0.15) is 0 Å². The Labute approximate surface area is 134 Å². The number of rotatable bonds is 6. The molecular formula is C18H30N4. The van der Waals surface area contributed by atoms with Gasteiger partial charge in [-0.15, -0.1) is 0 Å². The minimum absolute atomic E-state index is 0.455. The maximum atomic E-state index is 4.32. The van der Waals surface area contributed by atoms with Gasteiger partial charge < -0.3 is 10.6 Å². The van der Waals surface area contributed by atoms with E-state index in [0.29, 0.717) is 12.6 Å². The summed E-state index contributed by atoms with van der Waals surface area (Å²) in [7, 11) is 1.82. The second kappa shape index (κ2) is 9.44. The Balaban J connectivity index is 1.68. The molecule has 122 valence electrons. The van der Waals surface area contributed by atoms with E-state index < -0.39 is 0 Å². The van der Waals surface area contributed by atoms with E-state index in [1.54, 1.807) is 0 Å². The fourth-order valence-corrected chi connectivity index (χ4v) is 3.14. The van der Waals surface area contributed by atoms with E-state index in [0.717, 1.165) is 17.6 Å². The topological polar surface area (TPSA) is 49.3 Å². The first-order valence-corrected chi connectivity index (χ1v) is 8.65. The molecule has 1 heterocycles. The van der Waals surface area contributed by atoms with Crippen LogP contribution in [0.5, 0.6) is 0 Å². The predicted molar refractivity (Wildman–Crippen MR) is 92.8 cm³/mol. The van der Waals surface area contributed by atoms with E-state index in [1.807, 2.05) is 31.4 Å². The van der Waals surface area contributed by atoms with Crippen molar-refractivity contribution in [3.05, 3.63) is 30.1 Å². The molecule has 2 N–H and O–H groups in total. The monoisotopic (exact) mass is 302 g/mol. The molecule has 0 bridgehead atoms. The third kappa shape index (κ3) is 6.04. The van der Waals surface area contributed by atoms with Gasteiger partial charge in [-0.1, -0.05) is 38.2 Å². The Bertz CT molecular complexity index is 438. The standard InChI is InChI=1S/C18H30N4/c1-15(11-12-16-8-4-3-5-9-16)22-18(19-2)21-14-17-10-6-7-13-20-17/h6-7,10,13,15-16H,3-5,8-9,11-12,14H2,1-2H3,(H2,19,21,22). The third-order valence-electron chi connectivity index (χ3n) is 4.50. The maximum absolute atomic E-state index is 4.32. The highest BCUT2D eigenvalue weighted by molar-refractivity contribution is 5.79. The average molecular weight is 302 g/mol. The molecule has 0 saturated heterocycles. The Morgan fingerprint density at radius 1 is 1.32 bits per heavy atom. The van der Waals surface area contributed by atoms with E-state index in [4.69, 9.17) is 0 Å². The molecule has 1 aliphatic carbocycles. The van der Waals surface area contributed by atoms with Crippen molar-refractivity contribution in [2.75, 3.05) is 7.05 Å². The van der Waals surface area contributed by atoms with Crippen LogP contribution in [0, 0.1) is 5.92 Å². The highest BCUT2D eigenvalue weighted by Gasteiger charge is 2.14. The molecule has 0 amide bonds. The summed E-state index contributed by atoms with van der Waals surface area (Å²) in [5, 5.41) is 6.82. The summed E-state index contributed by atoms with van der Waals surface area (Å²) in [5.74, 6) is 1.81. The van der Waals surface area contributed by atoms with Crippen molar-refractivity contribution in [2.45, 2.75) is 64.5 Å². The molecule has 2 rings (SSSR count). The van der Waals surface area contributed by atoms with Crippen molar-refractivity contribution in [3.63, 3.8) is 0 Å². The smallest absolute Gasteiger partial charge is 0.191 e. The minimum Gasteiger partial charge on any atom is -0.354 e. The van der Waals surface area contributed by atoms with Crippen molar-refractivity contribution in [3.8, 4) is 0 Å². The summed E-state index contributed by atoms with van der Waals surface area (Å²) in [6, 6.07) is 6.42.